The van der Waals surface area contributed by atoms with Crippen LogP contribution in [0.2, 0.25) is 0 Å². The standard InChI is InChI=1S/C27H24FIN2O4/c1-3-34-24-14-19(12-22(29)25(24)35-16-18-10-8-17(2)9-11-18)13-23-26(32)31(27(33)30-23)15-20-6-4-5-7-21(20)28/h4-14H,3,15-16H2,1-2H3,(H,30,33)/b23-13+. The van der Waals surface area contributed by atoms with E-state index in [0.29, 0.717) is 30.3 Å². The van der Waals surface area contributed by atoms with E-state index in [0.717, 1.165) is 14.0 Å². The van der Waals surface area contributed by atoms with Crippen LogP contribution in [0.3, 0.4) is 0 Å². The number of nitrogens with one attached hydrogen (secondary N) is 1. The smallest absolute Gasteiger partial charge is 0.329 e. The molecule has 0 aliphatic carbocycles. The zero-order valence-corrected chi connectivity index (χ0v) is 21.5. The molecule has 0 unspecified atom stereocenters. The lowest BCUT2D eigenvalue weighted by Gasteiger charge is -2.15. The summed E-state index contributed by atoms with van der Waals surface area (Å²) in [7, 11) is 0. The van der Waals surface area contributed by atoms with Crippen LogP contribution in [0, 0.1) is 16.3 Å². The van der Waals surface area contributed by atoms with E-state index in [1.165, 1.54) is 11.6 Å². The fraction of sp³-hybridized carbons (Fsp3) is 0.185. The number of nitrogens with zero attached hydrogens (tertiary/aromatic N) is 1. The average Bonchev–Trinajstić information content (AvgIpc) is 3.08. The lowest BCUT2D eigenvalue weighted by molar-refractivity contribution is -0.123. The van der Waals surface area contributed by atoms with Crippen molar-refractivity contribution in [2.75, 3.05) is 6.61 Å². The fourth-order valence-corrected chi connectivity index (χ4v) is 4.37. The Morgan fingerprint density at radius 2 is 1.80 bits per heavy atom. The van der Waals surface area contributed by atoms with Crippen LogP contribution in [0.5, 0.6) is 11.5 Å². The highest BCUT2D eigenvalue weighted by atomic mass is 127. The van der Waals surface area contributed by atoms with Crippen molar-refractivity contribution in [1.29, 1.82) is 0 Å². The summed E-state index contributed by atoms with van der Waals surface area (Å²) in [4.78, 5) is 26.3. The molecule has 35 heavy (non-hydrogen) atoms. The van der Waals surface area contributed by atoms with Crippen LogP contribution >= 0.6 is 22.6 Å². The number of aryl methyl sites for hydroxylation is 1. The second-order valence-electron chi connectivity index (χ2n) is 8.01. The van der Waals surface area contributed by atoms with Gasteiger partial charge in [0.2, 0.25) is 0 Å². The molecular formula is C27H24FIN2O4. The minimum Gasteiger partial charge on any atom is -0.490 e. The van der Waals surface area contributed by atoms with Gasteiger partial charge in [-0.3, -0.25) is 9.69 Å². The number of carbonyl (C=O) groups is 2. The number of hydrogen-bond donors (Lipinski definition) is 1. The van der Waals surface area contributed by atoms with Crippen LogP contribution in [0.4, 0.5) is 9.18 Å². The second-order valence-corrected chi connectivity index (χ2v) is 9.17. The van der Waals surface area contributed by atoms with Crippen molar-refractivity contribution in [3.05, 3.63) is 98.0 Å². The SMILES string of the molecule is CCOc1cc(/C=C2/NC(=O)N(Cc3ccccc3F)C2=O)cc(I)c1OCc1ccc(C)cc1. The van der Waals surface area contributed by atoms with E-state index in [9.17, 15) is 14.0 Å². The van der Waals surface area contributed by atoms with E-state index in [-0.39, 0.29) is 17.8 Å². The number of urea groups is 1. The topological polar surface area (TPSA) is 67.9 Å². The molecule has 1 N–H and O–H groups in total. The molecule has 3 amide bonds. The molecule has 1 aliphatic heterocycles. The lowest BCUT2D eigenvalue weighted by Crippen LogP contribution is -2.30. The van der Waals surface area contributed by atoms with E-state index in [1.807, 2.05) is 44.2 Å². The highest BCUT2D eigenvalue weighted by Gasteiger charge is 2.34. The number of hydrogen-bond acceptors (Lipinski definition) is 4. The molecule has 1 aliphatic rings. The summed E-state index contributed by atoms with van der Waals surface area (Å²) in [5, 5.41) is 2.58. The van der Waals surface area contributed by atoms with E-state index in [1.54, 1.807) is 30.3 Å². The zero-order chi connectivity index (χ0) is 24.9. The summed E-state index contributed by atoms with van der Waals surface area (Å²) in [6.45, 7) is 4.58. The van der Waals surface area contributed by atoms with E-state index in [2.05, 4.69) is 27.9 Å². The maximum Gasteiger partial charge on any atom is 0.329 e. The summed E-state index contributed by atoms with van der Waals surface area (Å²) < 4.78 is 26.7. The van der Waals surface area contributed by atoms with Gasteiger partial charge in [0.25, 0.3) is 5.91 Å². The van der Waals surface area contributed by atoms with E-state index >= 15 is 0 Å². The molecule has 1 saturated heterocycles. The highest BCUT2D eigenvalue weighted by Crippen LogP contribution is 2.36. The summed E-state index contributed by atoms with van der Waals surface area (Å²) in [5.74, 6) is 0.157. The van der Waals surface area contributed by atoms with Crippen molar-refractivity contribution in [3.8, 4) is 11.5 Å². The third-order valence-electron chi connectivity index (χ3n) is 5.40. The van der Waals surface area contributed by atoms with Crippen molar-refractivity contribution in [3.63, 3.8) is 0 Å². The van der Waals surface area contributed by atoms with Gasteiger partial charge in [0, 0.05) is 5.56 Å². The maximum absolute atomic E-state index is 14.0. The van der Waals surface area contributed by atoms with E-state index < -0.39 is 17.8 Å². The fourth-order valence-electron chi connectivity index (χ4n) is 3.59. The van der Waals surface area contributed by atoms with Crippen LogP contribution in [-0.2, 0) is 17.9 Å². The first-order valence-electron chi connectivity index (χ1n) is 11.1. The lowest BCUT2D eigenvalue weighted by atomic mass is 10.1. The van der Waals surface area contributed by atoms with Gasteiger partial charge in [0.15, 0.2) is 11.5 Å². The molecule has 0 radical (unpaired) electrons. The molecule has 0 bridgehead atoms. The third kappa shape index (κ3) is 5.82. The Balaban J connectivity index is 1.55. The molecular weight excluding hydrogens is 562 g/mol. The van der Waals surface area contributed by atoms with Gasteiger partial charge in [-0.15, -0.1) is 0 Å². The molecule has 0 aromatic heterocycles. The number of halogens is 2. The predicted octanol–water partition coefficient (Wildman–Crippen LogP) is 5.81. The number of benzene rings is 3. The maximum atomic E-state index is 14.0. The quantitative estimate of drug-likeness (QED) is 0.206. The summed E-state index contributed by atoms with van der Waals surface area (Å²) in [5.41, 5.74) is 3.25. The summed E-state index contributed by atoms with van der Waals surface area (Å²) in [6.07, 6.45) is 1.58. The van der Waals surface area contributed by atoms with Gasteiger partial charge in [0.1, 0.15) is 18.1 Å². The number of ether oxygens (including phenoxy) is 2. The average molecular weight is 586 g/mol. The first kappa shape index (κ1) is 24.7. The Kier molecular flexibility index (Phi) is 7.70. The largest absolute Gasteiger partial charge is 0.490 e. The molecule has 1 fully saturated rings. The first-order chi connectivity index (χ1) is 16.9. The molecule has 0 spiro atoms. The molecule has 3 aromatic rings. The number of rotatable bonds is 8. The molecule has 1 heterocycles. The van der Waals surface area contributed by atoms with Gasteiger partial charge >= 0.3 is 6.03 Å². The third-order valence-corrected chi connectivity index (χ3v) is 6.20. The molecule has 6 nitrogen and oxygen atoms in total. The van der Waals surface area contributed by atoms with Crippen LogP contribution in [0.1, 0.15) is 29.2 Å². The number of amides is 3. The monoisotopic (exact) mass is 586 g/mol. The second kappa shape index (κ2) is 10.9. The van der Waals surface area contributed by atoms with Crippen molar-refractivity contribution in [1.82, 2.24) is 10.2 Å². The summed E-state index contributed by atoms with van der Waals surface area (Å²) in [6, 6.07) is 17.2. The molecule has 4 rings (SSSR count). The molecule has 0 saturated carbocycles. The van der Waals surface area contributed by atoms with Gasteiger partial charge in [-0.2, -0.15) is 0 Å². The highest BCUT2D eigenvalue weighted by molar-refractivity contribution is 14.1. The van der Waals surface area contributed by atoms with Gasteiger partial charge < -0.3 is 14.8 Å². The van der Waals surface area contributed by atoms with Gasteiger partial charge in [0.05, 0.1) is 16.7 Å². The van der Waals surface area contributed by atoms with Gasteiger partial charge in [-0.05, 0) is 71.8 Å². The minimum absolute atomic E-state index is 0.109. The van der Waals surface area contributed by atoms with Gasteiger partial charge in [-0.1, -0.05) is 48.0 Å². The van der Waals surface area contributed by atoms with Crippen LogP contribution in [-0.4, -0.2) is 23.4 Å². The van der Waals surface area contributed by atoms with Crippen LogP contribution in [0.25, 0.3) is 6.08 Å². The molecule has 180 valence electrons. The van der Waals surface area contributed by atoms with E-state index in [4.69, 9.17) is 9.47 Å². The van der Waals surface area contributed by atoms with Crippen molar-refractivity contribution < 1.29 is 23.5 Å². The van der Waals surface area contributed by atoms with Crippen molar-refractivity contribution in [2.24, 2.45) is 0 Å². The van der Waals surface area contributed by atoms with Gasteiger partial charge in [-0.25, -0.2) is 9.18 Å². The summed E-state index contributed by atoms with van der Waals surface area (Å²) >= 11 is 2.16. The van der Waals surface area contributed by atoms with Crippen LogP contribution in [0.15, 0.2) is 66.4 Å². The number of carbonyl (C=O) groups excluding carboxylic acids is 2. The van der Waals surface area contributed by atoms with Crippen LogP contribution < -0.4 is 14.8 Å². The number of imide groups is 1. The Morgan fingerprint density at radius 1 is 1.06 bits per heavy atom. The predicted molar refractivity (Wildman–Crippen MR) is 139 cm³/mol. The Hall–Kier alpha value is -3.40. The molecule has 8 heteroatoms. The zero-order valence-electron chi connectivity index (χ0n) is 19.3. The molecule has 0 atom stereocenters. The van der Waals surface area contributed by atoms with Crippen molar-refractivity contribution in [2.45, 2.75) is 27.0 Å². The first-order valence-corrected chi connectivity index (χ1v) is 12.2. The Morgan fingerprint density at radius 3 is 2.51 bits per heavy atom. The Bertz CT molecular complexity index is 1290. The normalized spacial score (nSPS) is 14.4. The van der Waals surface area contributed by atoms with Crippen molar-refractivity contribution >= 4 is 40.6 Å². The molecule has 3 aromatic carbocycles. The Labute approximate surface area is 216 Å². The minimum atomic E-state index is -0.595.